The zero-order valence-corrected chi connectivity index (χ0v) is 8.99. The normalized spacial score (nSPS) is 13.4. The van der Waals surface area contributed by atoms with E-state index in [9.17, 15) is 4.39 Å². The third-order valence-corrected chi connectivity index (χ3v) is 3.88. The van der Waals surface area contributed by atoms with Crippen LogP contribution in [0, 0.1) is 12.7 Å². The Morgan fingerprint density at radius 1 is 1.43 bits per heavy atom. The van der Waals surface area contributed by atoms with Gasteiger partial charge in [-0.15, -0.1) is 11.3 Å². The Kier molecular flexibility index (Phi) is 2.29. The van der Waals surface area contributed by atoms with E-state index in [0.29, 0.717) is 0 Å². The lowest BCUT2D eigenvalue weighted by Gasteiger charge is -2.01. The van der Waals surface area contributed by atoms with Gasteiger partial charge in [0.2, 0.25) is 0 Å². The molecule has 3 heteroatoms. The van der Waals surface area contributed by atoms with E-state index in [1.54, 1.807) is 6.07 Å². The van der Waals surface area contributed by atoms with Crippen LogP contribution in [0.1, 0.15) is 23.4 Å². The molecule has 0 radical (unpaired) electrons. The van der Waals surface area contributed by atoms with Gasteiger partial charge >= 0.3 is 0 Å². The predicted octanol–water partition coefficient (Wildman–Crippen LogP) is 3.37. The first kappa shape index (κ1) is 9.62. The molecule has 14 heavy (non-hydrogen) atoms. The van der Waals surface area contributed by atoms with E-state index in [1.165, 1.54) is 17.4 Å². The van der Waals surface area contributed by atoms with E-state index >= 15 is 0 Å². The molecule has 1 nitrogen and oxygen atoms in total. The fourth-order valence-electron chi connectivity index (χ4n) is 1.66. The highest BCUT2D eigenvalue weighted by Crippen LogP contribution is 2.35. The molecular weight excluding hydrogens is 197 g/mol. The van der Waals surface area contributed by atoms with E-state index in [1.807, 2.05) is 19.9 Å². The first-order valence-corrected chi connectivity index (χ1v) is 5.36. The van der Waals surface area contributed by atoms with Gasteiger partial charge in [-0.3, -0.25) is 0 Å². The van der Waals surface area contributed by atoms with Gasteiger partial charge in [0.1, 0.15) is 5.82 Å². The molecular formula is C11H12FNS. The van der Waals surface area contributed by atoms with Gasteiger partial charge in [0.15, 0.2) is 0 Å². The molecule has 1 atom stereocenters. The van der Waals surface area contributed by atoms with Crippen molar-refractivity contribution in [1.82, 2.24) is 0 Å². The molecule has 1 heterocycles. The third-order valence-electron chi connectivity index (χ3n) is 2.37. The maximum atomic E-state index is 13.4. The van der Waals surface area contributed by atoms with Crippen LogP contribution in [0.15, 0.2) is 18.2 Å². The summed E-state index contributed by atoms with van der Waals surface area (Å²) in [7, 11) is 0. The van der Waals surface area contributed by atoms with Gasteiger partial charge in [-0.1, -0.05) is 12.1 Å². The monoisotopic (exact) mass is 209 g/mol. The zero-order valence-electron chi connectivity index (χ0n) is 8.17. The fourth-order valence-corrected chi connectivity index (χ4v) is 2.83. The molecule has 2 N–H and O–H groups in total. The summed E-state index contributed by atoms with van der Waals surface area (Å²) in [5, 5.41) is 0.988. The number of aryl methyl sites for hydroxylation is 1. The first-order chi connectivity index (χ1) is 6.61. The van der Waals surface area contributed by atoms with Gasteiger partial charge < -0.3 is 5.73 Å². The second-order valence-electron chi connectivity index (χ2n) is 3.50. The summed E-state index contributed by atoms with van der Waals surface area (Å²) in [6.45, 7) is 3.92. The number of nitrogens with two attached hydrogens (primary N) is 1. The molecule has 74 valence electrons. The summed E-state index contributed by atoms with van der Waals surface area (Å²) in [6, 6.07) is 5.15. The van der Waals surface area contributed by atoms with Crippen LogP contribution < -0.4 is 5.73 Å². The van der Waals surface area contributed by atoms with Crippen molar-refractivity contribution < 1.29 is 4.39 Å². The molecule has 1 unspecified atom stereocenters. The standard InChI is InChI=1S/C11H12FNS/c1-6-8-4-3-5-9(12)11(8)14-10(6)7(2)13/h3-5,7H,13H2,1-2H3. The molecule has 0 aliphatic carbocycles. The molecule has 0 bridgehead atoms. The average molecular weight is 209 g/mol. The summed E-state index contributed by atoms with van der Waals surface area (Å²) in [5.74, 6) is -0.150. The molecule has 0 saturated carbocycles. The molecule has 0 aliphatic rings. The Hall–Kier alpha value is -0.930. The van der Waals surface area contributed by atoms with Crippen molar-refractivity contribution in [1.29, 1.82) is 0 Å². The quantitative estimate of drug-likeness (QED) is 0.765. The predicted molar refractivity (Wildman–Crippen MR) is 59.1 cm³/mol. The van der Waals surface area contributed by atoms with Gasteiger partial charge in [0, 0.05) is 10.9 Å². The third kappa shape index (κ3) is 1.33. The van der Waals surface area contributed by atoms with E-state index in [-0.39, 0.29) is 11.9 Å². The van der Waals surface area contributed by atoms with Crippen LogP contribution in [0.25, 0.3) is 10.1 Å². The number of hydrogen-bond acceptors (Lipinski definition) is 2. The molecule has 1 aromatic carbocycles. The van der Waals surface area contributed by atoms with Crippen molar-refractivity contribution in [3.8, 4) is 0 Å². The average Bonchev–Trinajstić information content (AvgIpc) is 2.46. The molecule has 0 spiro atoms. The maximum absolute atomic E-state index is 13.4. The fraction of sp³-hybridized carbons (Fsp3) is 0.273. The van der Waals surface area contributed by atoms with E-state index < -0.39 is 0 Å². The number of fused-ring (bicyclic) bond motifs is 1. The Morgan fingerprint density at radius 3 is 2.71 bits per heavy atom. The summed E-state index contributed by atoms with van der Waals surface area (Å²) in [5.41, 5.74) is 6.93. The number of halogens is 1. The second kappa shape index (κ2) is 3.33. The highest BCUT2D eigenvalue weighted by molar-refractivity contribution is 7.19. The smallest absolute Gasteiger partial charge is 0.141 e. The van der Waals surface area contributed by atoms with Gasteiger partial charge in [0.05, 0.1) is 4.70 Å². The Labute approximate surface area is 86.4 Å². The van der Waals surface area contributed by atoms with Crippen LogP contribution in [0.2, 0.25) is 0 Å². The molecule has 1 aromatic heterocycles. The second-order valence-corrected chi connectivity index (χ2v) is 4.55. The van der Waals surface area contributed by atoms with Crippen LogP contribution in [0.3, 0.4) is 0 Å². The first-order valence-electron chi connectivity index (χ1n) is 4.54. The van der Waals surface area contributed by atoms with Crippen LogP contribution in [0.5, 0.6) is 0 Å². The van der Waals surface area contributed by atoms with E-state index in [2.05, 4.69) is 0 Å². The van der Waals surface area contributed by atoms with Crippen molar-refractivity contribution in [2.45, 2.75) is 19.9 Å². The van der Waals surface area contributed by atoms with Gasteiger partial charge in [-0.25, -0.2) is 4.39 Å². The molecule has 2 aromatic rings. The lowest BCUT2D eigenvalue weighted by Crippen LogP contribution is -2.03. The molecule has 0 fully saturated rings. The van der Waals surface area contributed by atoms with Gasteiger partial charge in [-0.05, 0) is 30.9 Å². The highest BCUT2D eigenvalue weighted by atomic mass is 32.1. The molecule has 0 saturated heterocycles. The van der Waals surface area contributed by atoms with Crippen molar-refractivity contribution in [3.05, 3.63) is 34.5 Å². The largest absolute Gasteiger partial charge is 0.323 e. The van der Waals surface area contributed by atoms with E-state index in [0.717, 1.165) is 20.5 Å². The minimum atomic E-state index is -0.150. The SMILES string of the molecule is Cc1c(C(C)N)sc2c(F)cccc12. The van der Waals surface area contributed by atoms with E-state index in [4.69, 9.17) is 5.73 Å². The Morgan fingerprint density at radius 2 is 2.14 bits per heavy atom. The topological polar surface area (TPSA) is 26.0 Å². The zero-order chi connectivity index (χ0) is 10.3. The van der Waals surface area contributed by atoms with Crippen LogP contribution >= 0.6 is 11.3 Å². The Bertz CT molecular complexity index is 473. The van der Waals surface area contributed by atoms with Crippen LogP contribution in [-0.2, 0) is 0 Å². The molecule has 0 aliphatic heterocycles. The lowest BCUT2D eigenvalue weighted by molar-refractivity contribution is 0.641. The van der Waals surface area contributed by atoms with Crippen molar-refractivity contribution in [2.75, 3.05) is 0 Å². The molecule has 0 amide bonds. The summed E-state index contributed by atoms with van der Waals surface area (Å²) in [6.07, 6.45) is 0. The van der Waals surface area contributed by atoms with Gasteiger partial charge in [-0.2, -0.15) is 0 Å². The van der Waals surface area contributed by atoms with Crippen LogP contribution in [-0.4, -0.2) is 0 Å². The summed E-state index contributed by atoms with van der Waals surface area (Å²) >= 11 is 1.46. The summed E-state index contributed by atoms with van der Waals surface area (Å²) in [4.78, 5) is 1.07. The summed E-state index contributed by atoms with van der Waals surface area (Å²) < 4.78 is 14.1. The lowest BCUT2D eigenvalue weighted by atomic mass is 10.1. The van der Waals surface area contributed by atoms with Crippen molar-refractivity contribution >= 4 is 21.4 Å². The minimum Gasteiger partial charge on any atom is -0.323 e. The maximum Gasteiger partial charge on any atom is 0.141 e. The highest BCUT2D eigenvalue weighted by Gasteiger charge is 2.13. The number of benzene rings is 1. The van der Waals surface area contributed by atoms with Crippen molar-refractivity contribution in [3.63, 3.8) is 0 Å². The van der Waals surface area contributed by atoms with Crippen molar-refractivity contribution in [2.24, 2.45) is 5.73 Å². The Balaban J connectivity index is 2.80. The number of thiophene rings is 1. The molecule has 2 rings (SSSR count). The number of rotatable bonds is 1. The minimum absolute atomic E-state index is 0.0215. The van der Waals surface area contributed by atoms with Gasteiger partial charge in [0.25, 0.3) is 0 Å². The van der Waals surface area contributed by atoms with Crippen LogP contribution in [0.4, 0.5) is 4.39 Å². The number of hydrogen-bond donors (Lipinski definition) is 1.